The van der Waals surface area contributed by atoms with Gasteiger partial charge in [0.1, 0.15) is 0 Å². The van der Waals surface area contributed by atoms with Crippen molar-refractivity contribution in [3.63, 3.8) is 0 Å². The number of hydrogen-bond acceptors (Lipinski definition) is 3. The normalized spacial score (nSPS) is 27.8. The highest BCUT2D eigenvalue weighted by Gasteiger charge is 2.37. The van der Waals surface area contributed by atoms with Crippen LogP contribution in [-0.2, 0) is 6.18 Å². The first-order valence-corrected chi connectivity index (χ1v) is 6.87. The molecule has 0 saturated heterocycles. The molecule has 20 heavy (non-hydrogen) atoms. The Bertz CT molecular complexity index is 442. The molecule has 2 N–H and O–H groups in total. The zero-order valence-corrected chi connectivity index (χ0v) is 11.5. The Labute approximate surface area is 116 Å². The average Bonchev–Trinajstić information content (AvgIpc) is 2.89. The fourth-order valence-electron chi connectivity index (χ4n) is 2.98. The highest BCUT2D eigenvalue weighted by atomic mass is 19.4. The number of alkyl halides is 3. The van der Waals surface area contributed by atoms with Crippen LogP contribution in [0, 0.1) is 0 Å². The van der Waals surface area contributed by atoms with E-state index in [1.165, 1.54) is 4.68 Å². The van der Waals surface area contributed by atoms with Crippen molar-refractivity contribution in [2.45, 2.75) is 50.4 Å². The topological polar surface area (TPSA) is 50.1 Å². The quantitative estimate of drug-likeness (QED) is 0.895. The van der Waals surface area contributed by atoms with E-state index in [1.807, 2.05) is 6.92 Å². The van der Waals surface area contributed by atoms with E-state index in [0.717, 1.165) is 38.2 Å². The van der Waals surface area contributed by atoms with Crippen LogP contribution in [0.25, 0.3) is 0 Å². The van der Waals surface area contributed by atoms with Crippen LogP contribution in [-0.4, -0.2) is 33.6 Å². The average molecular weight is 291 g/mol. The lowest BCUT2D eigenvalue weighted by Crippen LogP contribution is -2.51. The van der Waals surface area contributed by atoms with Crippen LogP contribution in [0.2, 0.25) is 0 Å². The maximum atomic E-state index is 12.6. The van der Waals surface area contributed by atoms with Crippen LogP contribution in [0.15, 0.2) is 12.4 Å². The van der Waals surface area contributed by atoms with Gasteiger partial charge in [0.15, 0.2) is 0 Å². The van der Waals surface area contributed by atoms with Crippen molar-refractivity contribution in [2.75, 3.05) is 13.2 Å². The van der Waals surface area contributed by atoms with E-state index in [2.05, 4.69) is 10.4 Å². The maximum absolute atomic E-state index is 12.6. The van der Waals surface area contributed by atoms with Crippen molar-refractivity contribution in [3.8, 4) is 0 Å². The van der Waals surface area contributed by atoms with Gasteiger partial charge >= 0.3 is 6.18 Å². The molecular weight excluding hydrogens is 271 g/mol. The minimum Gasteiger partial charge on any atom is -0.394 e. The van der Waals surface area contributed by atoms with Crippen LogP contribution in [0.3, 0.4) is 0 Å². The Kier molecular flexibility index (Phi) is 4.39. The van der Waals surface area contributed by atoms with E-state index < -0.39 is 17.3 Å². The molecule has 7 heteroatoms. The Morgan fingerprint density at radius 2 is 2.30 bits per heavy atom. The third kappa shape index (κ3) is 3.15. The summed E-state index contributed by atoms with van der Waals surface area (Å²) in [6.45, 7) is 2.67. The monoisotopic (exact) mass is 291 g/mol. The Morgan fingerprint density at radius 3 is 2.85 bits per heavy atom. The van der Waals surface area contributed by atoms with E-state index >= 15 is 0 Å². The molecule has 2 atom stereocenters. The number of nitrogens with one attached hydrogen (secondary N) is 1. The molecule has 0 aliphatic heterocycles. The second-order valence-corrected chi connectivity index (χ2v) is 5.43. The minimum absolute atomic E-state index is 0.00919. The third-order valence-corrected chi connectivity index (χ3v) is 3.98. The van der Waals surface area contributed by atoms with Crippen molar-refractivity contribution >= 4 is 0 Å². The zero-order chi connectivity index (χ0) is 14.8. The summed E-state index contributed by atoms with van der Waals surface area (Å²) in [5, 5.41) is 16.7. The molecule has 0 spiro atoms. The molecule has 2 unspecified atom stereocenters. The van der Waals surface area contributed by atoms with Crippen LogP contribution in [0.5, 0.6) is 0 Å². The smallest absolute Gasteiger partial charge is 0.394 e. The van der Waals surface area contributed by atoms with Gasteiger partial charge in [0.2, 0.25) is 0 Å². The van der Waals surface area contributed by atoms with Gasteiger partial charge in [-0.2, -0.15) is 18.3 Å². The van der Waals surface area contributed by atoms with Crippen molar-refractivity contribution in [1.29, 1.82) is 0 Å². The van der Waals surface area contributed by atoms with E-state index in [-0.39, 0.29) is 12.6 Å². The van der Waals surface area contributed by atoms with Gasteiger partial charge in [-0.3, -0.25) is 4.68 Å². The molecule has 4 nitrogen and oxygen atoms in total. The van der Waals surface area contributed by atoms with Gasteiger partial charge in [-0.25, -0.2) is 0 Å². The molecule has 1 saturated carbocycles. The molecule has 0 bridgehead atoms. The number of nitrogens with zero attached hydrogens (tertiary/aromatic N) is 2. The van der Waals surface area contributed by atoms with Gasteiger partial charge in [-0.1, -0.05) is 6.92 Å². The Hall–Kier alpha value is -1.08. The first kappa shape index (κ1) is 15.3. The maximum Gasteiger partial charge on any atom is 0.419 e. The van der Waals surface area contributed by atoms with Gasteiger partial charge < -0.3 is 10.4 Å². The van der Waals surface area contributed by atoms with E-state index in [4.69, 9.17) is 0 Å². The Morgan fingerprint density at radius 1 is 1.55 bits per heavy atom. The number of aromatic nitrogens is 2. The largest absolute Gasteiger partial charge is 0.419 e. The fourth-order valence-corrected chi connectivity index (χ4v) is 2.98. The molecule has 0 radical (unpaired) electrons. The number of rotatable bonds is 4. The van der Waals surface area contributed by atoms with E-state index in [9.17, 15) is 18.3 Å². The summed E-state index contributed by atoms with van der Waals surface area (Å²) < 4.78 is 39.2. The van der Waals surface area contributed by atoms with Crippen LogP contribution in [0.4, 0.5) is 13.2 Å². The van der Waals surface area contributed by atoms with Crippen LogP contribution < -0.4 is 5.32 Å². The Balaban J connectivity index is 2.14. The SMILES string of the molecule is CCNC1(CO)CCCC(n2cc(C(F)(F)F)cn2)C1. The summed E-state index contributed by atoms with van der Waals surface area (Å²) in [5.41, 5.74) is -1.12. The van der Waals surface area contributed by atoms with E-state index in [0.29, 0.717) is 6.42 Å². The molecule has 1 fully saturated rings. The molecule has 1 aromatic rings. The molecule has 1 aliphatic carbocycles. The lowest BCUT2D eigenvalue weighted by Gasteiger charge is -2.40. The highest BCUT2D eigenvalue weighted by molar-refractivity contribution is 5.09. The predicted molar refractivity (Wildman–Crippen MR) is 68.2 cm³/mol. The molecule has 1 heterocycles. The number of hydrogen-bond donors (Lipinski definition) is 2. The van der Waals surface area contributed by atoms with Crippen molar-refractivity contribution in [2.24, 2.45) is 0 Å². The molecule has 1 aromatic heterocycles. The first-order chi connectivity index (χ1) is 9.40. The fraction of sp³-hybridized carbons (Fsp3) is 0.769. The lowest BCUT2D eigenvalue weighted by atomic mass is 9.79. The van der Waals surface area contributed by atoms with Crippen LogP contribution >= 0.6 is 0 Å². The summed E-state index contributed by atoms with van der Waals surface area (Å²) in [6.07, 6.45) is 0.637. The standard InChI is InChI=1S/C13H20F3N3O/c1-2-17-12(9-20)5-3-4-11(6-12)19-8-10(7-18-19)13(14,15)16/h7-8,11,17,20H,2-6,9H2,1H3. The number of aliphatic hydroxyl groups excluding tert-OH is 1. The second-order valence-electron chi connectivity index (χ2n) is 5.43. The van der Waals surface area contributed by atoms with Gasteiger partial charge in [0, 0.05) is 11.7 Å². The van der Waals surface area contributed by atoms with Gasteiger partial charge in [0.05, 0.1) is 24.4 Å². The van der Waals surface area contributed by atoms with Gasteiger partial charge in [-0.15, -0.1) is 0 Å². The molecule has 2 rings (SSSR count). The molecule has 1 aliphatic rings. The summed E-state index contributed by atoms with van der Waals surface area (Å²) in [4.78, 5) is 0. The summed E-state index contributed by atoms with van der Waals surface area (Å²) in [7, 11) is 0. The zero-order valence-electron chi connectivity index (χ0n) is 11.5. The van der Waals surface area contributed by atoms with Crippen molar-refractivity contribution in [3.05, 3.63) is 18.0 Å². The molecular formula is C13H20F3N3O. The minimum atomic E-state index is -4.36. The van der Waals surface area contributed by atoms with Gasteiger partial charge in [0.25, 0.3) is 0 Å². The van der Waals surface area contributed by atoms with Crippen LogP contribution in [0.1, 0.15) is 44.2 Å². The predicted octanol–water partition coefficient (Wildman–Crippen LogP) is 2.36. The third-order valence-electron chi connectivity index (χ3n) is 3.98. The summed E-state index contributed by atoms with van der Waals surface area (Å²) in [5.74, 6) is 0. The van der Waals surface area contributed by atoms with Crippen molar-refractivity contribution < 1.29 is 18.3 Å². The van der Waals surface area contributed by atoms with Gasteiger partial charge in [-0.05, 0) is 32.2 Å². The number of aliphatic hydroxyl groups is 1. The van der Waals surface area contributed by atoms with E-state index in [1.54, 1.807) is 0 Å². The molecule has 0 aromatic carbocycles. The molecule has 114 valence electrons. The molecule has 0 amide bonds. The lowest BCUT2D eigenvalue weighted by molar-refractivity contribution is -0.137. The highest BCUT2D eigenvalue weighted by Crippen LogP contribution is 2.36. The summed E-state index contributed by atoms with van der Waals surface area (Å²) in [6, 6.07) is -0.106. The number of halogens is 3. The van der Waals surface area contributed by atoms with Crippen molar-refractivity contribution in [1.82, 2.24) is 15.1 Å². The first-order valence-electron chi connectivity index (χ1n) is 6.87. The summed E-state index contributed by atoms with van der Waals surface area (Å²) >= 11 is 0. The second kappa shape index (κ2) is 5.73. The number of likely N-dealkylation sites (N-methyl/N-ethyl adjacent to an activating group) is 1.